The number of aromatic nitrogens is 2. The van der Waals surface area contributed by atoms with Crippen LogP contribution in [0, 0.1) is 0 Å². The molecule has 3 aliphatic rings. The number of para-hydroxylation sites is 3. The number of hydrogen-bond donors (Lipinski definition) is 0. The van der Waals surface area contributed by atoms with E-state index in [0.717, 1.165) is 111 Å². The van der Waals surface area contributed by atoms with Gasteiger partial charge in [-0.25, -0.2) is 0 Å². The van der Waals surface area contributed by atoms with Gasteiger partial charge in [-0.05, 0) is 207 Å². The quantitative estimate of drug-likeness (QED) is 0.141. The number of fused-ring (bicyclic) bond motifs is 13. The highest BCUT2D eigenvalue weighted by molar-refractivity contribution is 7.00. The van der Waals surface area contributed by atoms with Crippen molar-refractivity contribution in [3.8, 4) is 44.8 Å². The Kier molecular flexibility index (Phi) is 13.5. The van der Waals surface area contributed by atoms with Crippen molar-refractivity contribution in [3.05, 3.63) is 353 Å². The third-order valence-corrected chi connectivity index (χ3v) is 24.0. The first-order chi connectivity index (χ1) is 56.0. The average molecular weight is 1430 g/mol. The first-order valence-corrected chi connectivity index (χ1v) is 38.9. The highest BCUT2D eigenvalue weighted by Gasteiger charge is 2.49. The Labute approximate surface area is 661 Å². The monoisotopic (exact) mass is 1430 g/mol. The lowest BCUT2D eigenvalue weighted by molar-refractivity contribution is 0.589. The van der Waals surface area contributed by atoms with Gasteiger partial charge in [0, 0.05) is 66.8 Å². The first-order valence-electron chi connectivity index (χ1n) is 42.9. The molecule has 5 heteroatoms. The van der Waals surface area contributed by atoms with Gasteiger partial charge in [-0.1, -0.05) is 316 Å². The van der Waals surface area contributed by atoms with E-state index < -0.39 is 41.7 Å². The van der Waals surface area contributed by atoms with E-state index in [4.69, 9.17) is 2.74 Å². The van der Waals surface area contributed by atoms with E-state index in [-0.39, 0.29) is 67.6 Å². The molecule has 2 aliphatic heterocycles. The number of nitrogens with zero attached hydrogens (tertiary/aromatic N) is 4. The normalized spacial score (nSPS) is 15.0. The van der Waals surface area contributed by atoms with Crippen LogP contribution in [0.1, 0.15) is 165 Å². The van der Waals surface area contributed by atoms with E-state index in [0.29, 0.717) is 5.69 Å². The van der Waals surface area contributed by atoms with Crippen LogP contribution < -0.4 is 26.2 Å². The number of rotatable bonds is 8. The average Bonchev–Trinajstić information content (AvgIpc) is 1.12. The Morgan fingerprint density at radius 1 is 0.282 bits per heavy atom. The van der Waals surface area contributed by atoms with Gasteiger partial charge in [0.1, 0.15) is 0 Å². The predicted molar refractivity (Wildman–Crippen MR) is 471 cm³/mol. The van der Waals surface area contributed by atoms with Crippen LogP contribution in [-0.2, 0) is 32.5 Å². The Morgan fingerprint density at radius 3 is 1.19 bits per heavy atom. The minimum absolute atomic E-state index is 0.0211. The van der Waals surface area contributed by atoms with Gasteiger partial charge >= 0.3 is 0 Å². The van der Waals surface area contributed by atoms with Gasteiger partial charge in [-0.15, -0.1) is 0 Å². The third kappa shape index (κ3) is 10.7. The largest absolute Gasteiger partial charge is 0.311 e. The highest BCUT2D eigenvalue weighted by Crippen LogP contribution is 2.59. The molecule has 4 heterocycles. The fourth-order valence-corrected chi connectivity index (χ4v) is 18.2. The maximum absolute atomic E-state index is 9.86. The summed E-state index contributed by atoms with van der Waals surface area (Å²) >= 11 is 0. The SMILES string of the molecule is [2H]c1c([2H])c([2H])c2c(c1[2H])c1c([2H])c([2H])c([2H])c([2H])c1n2-c1ccc2c(c1)N(c1ccc(C(C)(C)C)cc1-c1ccc(C(C)(C)C)cc1)c1cc(C(C)(C)C)cc3c1B2c1ccc(-n2c4ccccc4c4cc5c(cc42)C(c2ccccc2)(c2ccccc2)c2ccccc2-5)cc1N3c1ccc(C(C)(C)C)cc1-c1ccc(C(C)(C)C)cc1. The minimum Gasteiger partial charge on any atom is -0.311 e. The lowest BCUT2D eigenvalue weighted by Crippen LogP contribution is -2.61. The van der Waals surface area contributed by atoms with Gasteiger partial charge in [-0.2, -0.15) is 0 Å². The maximum Gasteiger partial charge on any atom is 0.252 e. The van der Waals surface area contributed by atoms with Gasteiger partial charge < -0.3 is 18.9 Å². The summed E-state index contributed by atoms with van der Waals surface area (Å²) in [6.07, 6.45) is 0. The highest BCUT2D eigenvalue weighted by atomic mass is 15.2. The lowest BCUT2D eigenvalue weighted by Gasteiger charge is -2.46. The third-order valence-electron chi connectivity index (χ3n) is 24.0. The molecule has 110 heavy (non-hydrogen) atoms. The molecule has 16 aromatic rings. The van der Waals surface area contributed by atoms with Crippen molar-refractivity contribution in [1.82, 2.24) is 9.13 Å². The molecule has 4 nitrogen and oxygen atoms in total. The summed E-state index contributed by atoms with van der Waals surface area (Å²) in [6.45, 7) is 33.6. The van der Waals surface area contributed by atoms with E-state index >= 15 is 0 Å². The van der Waals surface area contributed by atoms with Crippen LogP contribution in [0.3, 0.4) is 0 Å². The van der Waals surface area contributed by atoms with Crippen LogP contribution in [0.15, 0.2) is 303 Å². The summed E-state index contributed by atoms with van der Waals surface area (Å²) in [5.41, 5.74) is 27.9. The second kappa shape index (κ2) is 24.7. The molecule has 0 N–H and O–H groups in total. The topological polar surface area (TPSA) is 16.3 Å². The van der Waals surface area contributed by atoms with Crippen molar-refractivity contribution < 1.29 is 11.0 Å². The molecule has 19 rings (SSSR count). The van der Waals surface area contributed by atoms with Crippen LogP contribution in [0.2, 0.25) is 0 Å². The molecule has 0 radical (unpaired) electrons. The zero-order valence-electron chi connectivity index (χ0n) is 73.6. The summed E-state index contributed by atoms with van der Waals surface area (Å²) in [7, 11) is 0. The molecule has 0 spiro atoms. The predicted octanol–water partition coefficient (Wildman–Crippen LogP) is 26.1. The molecule has 0 atom stereocenters. The number of benzene rings is 14. The van der Waals surface area contributed by atoms with Crippen molar-refractivity contribution in [2.75, 3.05) is 9.80 Å². The molecule has 0 saturated heterocycles. The molecule has 0 unspecified atom stereocenters. The van der Waals surface area contributed by atoms with Crippen molar-refractivity contribution in [2.45, 2.75) is 136 Å². The van der Waals surface area contributed by atoms with Crippen molar-refractivity contribution in [1.29, 1.82) is 0 Å². The zero-order valence-corrected chi connectivity index (χ0v) is 65.6. The molecule has 2 aromatic heterocycles. The van der Waals surface area contributed by atoms with E-state index in [9.17, 15) is 8.22 Å². The molecule has 538 valence electrons. The molecule has 1 aliphatic carbocycles. The van der Waals surface area contributed by atoms with Gasteiger partial charge in [-0.3, -0.25) is 0 Å². The van der Waals surface area contributed by atoms with Gasteiger partial charge in [0.05, 0.1) is 49.8 Å². The first kappa shape index (κ1) is 60.3. The summed E-state index contributed by atoms with van der Waals surface area (Å²) in [6, 6.07) is 92.1. The van der Waals surface area contributed by atoms with E-state index in [1.165, 1.54) is 50.1 Å². The minimum atomic E-state index is -0.673. The van der Waals surface area contributed by atoms with Gasteiger partial charge in [0.2, 0.25) is 0 Å². The Bertz CT molecular complexity index is 6810. The van der Waals surface area contributed by atoms with E-state index in [2.05, 4.69) is 367 Å². The zero-order chi connectivity index (χ0) is 82.8. The fraction of sp³-hybridized carbons (Fsp3) is 0.200. The van der Waals surface area contributed by atoms with Crippen LogP contribution in [0.25, 0.3) is 88.4 Å². The van der Waals surface area contributed by atoms with Gasteiger partial charge in [0.25, 0.3) is 6.71 Å². The Balaban J connectivity index is 0.962. The van der Waals surface area contributed by atoms with Crippen LogP contribution in [0.5, 0.6) is 0 Å². The van der Waals surface area contributed by atoms with Crippen LogP contribution >= 0.6 is 0 Å². The van der Waals surface area contributed by atoms with E-state index in [1.807, 2.05) is 6.07 Å². The fourth-order valence-electron chi connectivity index (χ4n) is 18.2. The summed E-state index contributed by atoms with van der Waals surface area (Å²) in [5.74, 6) is 0. The summed E-state index contributed by atoms with van der Waals surface area (Å²) in [4.78, 5) is 5.03. The Morgan fingerprint density at radius 2 is 0.709 bits per heavy atom. The molecule has 0 bridgehead atoms. The lowest BCUT2D eigenvalue weighted by atomic mass is 9.33. The molecular weight excluding hydrogens is 1330 g/mol. The maximum atomic E-state index is 9.86. The van der Waals surface area contributed by atoms with E-state index in [1.54, 1.807) is 4.57 Å². The van der Waals surface area contributed by atoms with Crippen LogP contribution in [0.4, 0.5) is 34.1 Å². The second-order valence-electron chi connectivity index (χ2n) is 36.0. The Hall–Kier alpha value is -11.7. The standard InChI is InChI=1S/C105H95BN4/c1-100(2,3)68-46-42-66(43-47-68)81-58-72(102(7,8)9)50-56-92(81)109-95-62-75(107-89-39-27-23-35-78(89)79-36-24-28-40-90(79)107)52-54-87(95)106-88-55-53-76(63-96(88)110(98-61-74(104(13,14)15)60-97(109)99(98)106)93-57-51-73(103(10,11)12)59-82(93)67-44-48-69(49-45-67)101(4,5)6)108-91-41-29-25-37-80(91)84-64-83-77-34-22-26-38-85(77)105(86(83)65-94(84)108,70-30-18-16-19-31-70)71-32-20-17-21-33-71/h16-65H,1-15H3/i23D,24D,27D,28D,35D,36D,39D,40D. The summed E-state index contributed by atoms with van der Waals surface area (Å²) < 4.78 is 79.9. The number of hydrogen-bond acceptors (Lipinski definition) is 2. The molecule has 0 amide bonds. The smallest absolute Gasteiger partial charge is 0.252 e. The van der Waals surface area contributed by atoms with Crippen molar-refractivity contribution in [2.24, 2.45) is 0 Å². The van der Waals surface area contributed by atoms with Gasteiger partial charge in [0.15, 0.2) is 0 Å². The van der Waals surface area contributed by atoms with Crippen molar-refractivity contribution in [3.63, 3.8) is 0 Å². The number of anilines is 6. The second-order valence-corrected chi connectivity index (χ2v) is 36.0. The molecule has 14 aromatic carbocycles. The van der Waals surface area contributed by atoms with Crippen LogP contribution in [-0.4, -0.2) is 15.8 Å². The summed E-state index contributed by atoms with van der Waals surface area (Å²) in [5, 5.41) is 2.32. The molecule has 0 fully saturated rings. The van der Waals surface area contributed by atoms with Crippen molar-refractivity contribution >= 4 is 101 Å². The molecule has 0 saturated carbocycles. The molecular formula is C105H95BN4.